The second-order valence-corrected chi connectivity index (χ2v) is 6.04. The molecule has 1 aliphatic rings. The molecule has 0 atom stereocenters. The second kappa shape index (κ2) is 6.86. The lowest BCUT2D eigenvalue weighted by molar-refractivity contribution is 0.102. The lowest BCUT2D eigenvalue weighted by Crippen LogP contribution is -2.29. The highest BCUT2D eigenvalue weighted by Crippen LogP contribution is 2.21. The number of hydrogen-bond acceptors (Lipinski definition) is 3. The molecule has 5 nitrogen and oxygen atoms in total. The topological polar surface area (TPSA) is 50.2 Å². The zero-order valence-electron chi connectivity index (χ0n) is 13.9. The number of piperidine rings is 1. The smallest absolute Gasteiger partial charge is 0.256 e. The summed E-state index contributed by atoms with van der Waals surface area (Å²) in [4.78, 5) is 14.8. The minimum absolute atomic E-state index is 0.0894. The third-order valence-corrected chi connectivity index (χ3v) is 4.40. The Labute approximate surface area is 137 Å². The van der Waals surface area contributed by atoms with Crippen LogP contribution in [0.3, 0.4) is 0 Å². The molecule has 1 aromatic heterocycles. The minimum Gasteiger partial charge on any atom is -0.372 e. The summed E-state index contributed by atoms with van der Waals surface area (Å²) in [7, 11) is 0. The fraction of sp³-hybridized carbons (Fsp3) is 0.444. The number of aromatic nitrogens is 2. The van der Waals surface area contributed by atoms with Crippen molar-refractivity contribution in [3.05, 3.63) is 41.6 Å². The standard InChI is InChI=1S/C18H24N4O/c1-3-22-17(14(2)13-19-22)20-18(23)15-7-9-16(10-8-15)21-11-5-4-6-12-21/h7-10,13H,3-6,11-12H2,1-2H3,(H,20,23). The quantitative estimate of drug-likeness (QED) is 0.940. The van der Waals surface area contributed by atoms with Crippen molar-refractivity contribution >= 4 is 17.4 Å². The maximum Gasteiger partial charge on any atom is 0.256 e. The maximum atomic E-state index is 12.5. The Morgan fingerprint density at radius 3 is 2.52 bits per heavy atom. The van der Waals surface area contributed by atoms with Crippen LogP contribution < -0.4 is 10.2 Å². The first kappa shape index (κ1) is 15.6. The van der Waals surface area contributed by atoms with E-state index in [-0.39, 0.29) is 5.91 Å². The van der Waals surface area contributed by atoms with Crippen molar-refractivity contribution < 1.29 is 4.79 Å². The molecule has 23 heavy (non-hydrogen) atoms. The van der Waals surface area contributed by atoms with Crippen LogP contribution >= 0.6 is 0 Å². The number of amides is 1. The van der Waals surface area contributed by atoms with Gasteiger partial charge in [0.05, 0.1) is 6.20 Å². The molecular formula is C18H24N4O. The van der Waals surface area contributed by atoms with Crippen molar-refractivity contribution in [3.8, 4) is 0 Å². The molecule has 1 fully saturated rings. The second-order valence-electron chi connectivity index (χ2n) is 6.04. The van der Waals surface area contributed by atoms with Crippen LogP contribution in [0, 0.1) is 6.92 Å². The molecule has 2 heterocycles. The largest absolute Gasteiger partial charge is 0.372 e. The van der Waals surface area contributed by atoms with Crippen molar-refractivity contribution in [1.82, 2.24) is 9.78 Å². The monoisotopic (exact) mass is 312 g/mol. The molecule has 2 aromatic rings. The van der Waals surface area contributed by atoms with Crippen molar-refractivity contribution in [2.24, 2.45) is 0 Å². The van der Waals surface area contributed by atoms with Gasteiger partial charge in [0, 0.05) is 36.4 Å². The number of rotatable bonds is 4. The third-order valence-electron chi connectivity index (χ3n) is 4.40. The van der Waals surface area contributed by atoms with Gasteiger partial charge in [-0.15, -0.1) is 0 Å². The van der Waals surface area contributed by atoms with E-state index in [1.807, 2.05) is 38.1 Å². The highest BCUT2D eigenvalue weighted by atomic mass is 16.1. The van der Waals surface area contributed by atoms with E-state index >= 15 is 0 Å². The van der Waals surface area contributed by atoms with Gasteiger partial charge in [0.25, 0.3) is 5.91 Å². The van der Waals surface area contributed by atoms with Crippen LogP contribution in [0.5, 0.6) is 0 Å². The minimum atomic E-state index is -0.0894. The number of nitrogens with zero attached hydrogens (tertiary/aromatic N) is 3. The normalized spacial score (nSPS) is 14.8. The predicted molar refractivity (Wildman–Crippen MR) is 93.1 cm³/mol. The zero-order chi connectivity index (χ0) is 16.2. The average molecular weight is 312 g/mol. The van der Waals surface area contributed by atoms with Crippen molar-refractivity contribution in [3.63, 3.8) is 0 Å². The highest BCUT2D eigenvalue weighted by Gasteiger charge is 2.14. The molecule has 122 valence electrons. The van der Waals surface area contributed by atoms with Gasteiger partial charge < -0.3 is 10.2 Å². The Hall–Kier alpha value is -2.30. The van der Waals surface area contributed by atoms with Crippen molar-refractivity contribution in [2.45, 2.75) is 39.7 Å². The van der Waals surface area contributed by atoms with Crippen LogP contribution in [0.2, 0.25) is 0 Å². The van der Waals surface area contributed by atoms with E-state index in [4.69, 9.17) is 0 Å². The molecule has 1 N–H and O–H groups in total. The number of anilines is 2. The van der Waals surface area contributed by atoms with Crippen molar-refractivity contribution in [1.29, 1.82) is 0 Å². The SMILES string of the molecule is CCn1ncc(C)c1NC(=O)c1ccc(N2CCCCC2)cc1. The molecule has 5 heteroatoms. The van der Waals surface area contributed by atoms with Gasteiger partial charge in [-0.1, -0.05) is 0 Å². The summed E-state index contributed by atoms with van der Waals surface area (Å²) in [6, 6.07) is 7.90. The van der Waals surface area contributed by atoms with Gasteiger partial charge in [0.15, 0.2) is 0 Å². The maximum absolute atomic E-state index is 12.5. The van der Waals surface area contributed by atoms with Gasteiger partial charge in [-0.2, -0.15) is 5.10 Å². The summed E-state index contributed by atoms with van der Waals surface area (Å²) in [5.74, 6) is 0.686. The average Bonchev–Trinajstić information content (AvgIpc) is 2.96. The molecule has 1 amide bonds. The molecule has 1 aromatic carbocycles. The summed E-state index contributed by atoms with van der Waals surface area (Å²) >= 11 is 0. The molecule has 0 unspecified atom stereocenters. The zero-order valence-corrected chi connectivity index (χ0v) is 13.9. The Bertz CT molecular complexity index is 669. The number of benzene rings is 1. The first-order chi connectivity index (χ1) is 11.2. The van der Waals surface area contributed by atoms with E-state index in [0.29, 0.717) is 5.56 Å². The van der Waals surface area contributed by atoms with Gasteiger partial charge in [-0.25, -0.2) is 4.68 Å². The number of hydrogen-bond donors (Lipinski definition) is 1. The van der Waals surface area contributed by atoms with Gasteiger partial charge >= 0.3 is 0 Å². The van der Waals surface area contributed by atoms with E-state index in [2.05, 4.69) is 15.3 Å². The van der Waals surface area contributed by atoms with Crippen LogP contribution in [-0.2, 0) is 6.54 Å². The lowest BCUT2D eigenvalue weighted by atomic mass is 10.1. The van der Waals surface area contributed by atoms with Crippen LogP contribution in [-0.4, -0.2) is 28.8 Å². The van der Waals surface area contributed by atoms with Crippen molar-refractivity contribution in [2.75, 3.05) is 23.3 Å². The third kappa shape index (κ3) is 3.38. The van der Waals surface area contributed by atoms with E-state index in [1.54, 1.807) is 10.9 Å². The lowest BCUT2D eigenvalue weighted by Gasteiger charge is -2.28. The molecule has 1 aliphatic heterocycles. The molecule has 0 bridgehead atoms. The van der Waals surface area contributed by atoms with Gasteiger partial charge in [0.1, 0.15) is 5.82 Å². The molecule has 0 radical (unpaired) electrons. The Balaban J connectivity index is 1.71. The van der Waals surface area contributed by atoms with E-state index in [9.17, 15) is 4.79 Å². The fourth-order valence-electron chi connectivity index (χ4n) is 3.04. The predicted octanol–water partition coefficient (Wildman–Crippen LogP) is 3.45. The van der Waals surface area contributed by atoms with Gasteiger partial charge in [-0.05, 0) is 57.4 Å². The number of carbonyl (C=O) groups excluding carboxylic acids is 1. The van der Waals surface area contributed by atoms with E-state index in [1.165, 1.54) is 24.9 Å². The first-order valence-corrected chi connectivity index (χ1v) is 8.38. The molecule has 1 saturated heterocycles. The number of aryl methyl sites for hydroxylation is 2. The summed E-state index contributed by atoms with van der Waals surface area (Å²) in [6.45, 7) is 6.92. The number of carbonyl (C=O) groups is 1. The summed E-state index contributed by atoms with van der Waals surface area (Å²) < 4.78 is 1.80. The van der Waals surface area contributed by atoms with Crippen LogP contribution in [0.4, 0.5) is 11.5 Å². The molecule has 3 rings (SSSR count). The van der Waals surface area contributed by atoms with Crippen LogP contribution in [0.25, 0.3) is 0 Å². The molecule has 0 spiro atoms. The Morgan fingerprint density at radius 2 is 1.87 bits per heavy atom. The molecule has 0 saturated carbocycles. The van der Waals surface area contributed by atoms with Gasteiger partial charge in [-0.3, -0.25) is 4.79 Å². The van der Waals surface area contributed by atoms with Crippen LogP contribution in [0.1, 0.15) is 42.1 Å². The fourth-order valence-corrected chi connectivity index (χ4v) is 3.04. The Kier molecular flexibility index (Phi) is 4.65. The number of nitrogens with one attached hydrogen (secondary N) is 1. The highest BCUT2D eigenvalue weighted by molar-refractivity contribution is 6.04. The van der Waals surface area contributed by atoms with E-state index < -0.39 is 0 Å². The molecular weight excluding hydrogens is 288 g/mol. The summed E-state index contributed by atoms with van der Waals surface area (Å²) in [5.41, 5.74) is 2.86. The summed E-state index contributed by atoms with van der Waals surface area (Å²) in [6.07, 6.45) is 5.60. The Morgan fingerprint density at radius 1 is 1.17 bits per heavy atom. The first-order valence-electron chi connectivity index (χ1n) is 8.38. The van der Waals surface area contributed by atoms with Gasteiger partial charge in [0.2, 0.25) is 0 Å². The van der Waals surface area contributed by atoms with E-state index in [0.717, 1.165) is 31.0 Å². The van der Waals surface area contributed by atoms with Crippen LogP contribution in [0.15, 0.2) is 30.5 Å². The summed E-state index contributed by atoms with van der Waals surface area (Å²) in [5, 5.41) is 7.22. The molecule has 0 aliphatic carbocycles.